The van der Waals surface area contributed by atoms with E-state index in [0.29, 0.717) is 49.5 Å². The molecule has 3 aromatic carbocycles. The molecule has 0 aliphatic carbocycles. The van der Waals surface area contributed by atoms with E-state index in [1.807, 2.05) is 46.8 Å². The molecule has 2 aliphatic rings. The van der Waals surface area contributed by atoms with Gasteiger partial charge in [0.25, 0.3) is 0 Å². The van der Waals surface area contributed by atoms with Gasteiger partial charge in [0.2, 0.25) is 5.91 Å². The van der Waals surface area contributed by atoms with Gasteiger partial charge in [-0.15, -0.1) is 0 Å². The van der Waals surface area contributed by atoms with E-state index >= 15 is 0 Å². The molecule has 39 heavy (non-hydrogen) atoms. The number of hydrogen-bond donors (Lipinski definition) is 2. The number of amides is 2. The third-order valence-electron chi connectivity index (χ3n) is 7.21. The van der Waals surface area contributed by atoms with E-state index in [0.717, 1.165) is 23.4 Å². The van der Waals surface area contributed by atoms with E-state index in [-0.39, 0.29) is 18.3 Å². The number of piperidine rings is 1. The lowest BCUT2D eigenvalue weighted by Crippen LogP contribution is -2.57. The summed E-state index contributed by atoms with van der Waals surface area (Å²) in [5.74, 6) is -0.348. The summed E-state index contributed by atoms with van der Waals surface area (Å²) in [5, 5.41) is 6.98. The van der Waals surface area contributed by atoms with Gasteiger partial charge in [-0.2, -0.15) is 0 Å². The lowest BCUT2D eigenvalue weighted by atomic mass is 9.96. The zero-order valence-corrected chi connectivity index (χ0v) is 22.9. The molecule has 1 spiro atoms. The van der Waals surface area contributed by atoms with Crippen molar-refractivity contribution in [1.29, 1.82) is 0 Å². The smallest absolute Gasteiger partial charge is 0.358 e. The van der Waals surface area contributed by atoms with Crippen molar-refractivity contribution < 1.29 is 18.2 Å². The molecule has 3 aromatic rings. The minimum absolute atomic E-state index is 0.0268. The van der Waals surface area contributed by atoms with Crippen LogP contribution < -0.4 is 10.6 Å². The third-order valence-corrected chi connectivity index (χ3v) is 8.26. The van der Waals surface area contributed by atoms with E-state index in [1.165, 1.54) is 6.07 Å². The zero-order chi connectivity index (χ0) is 27.2. The van der Waals surface area contributed by atoms with Crippen molar-refractivity contribution >= 4 is 35.8 Å². The summed E-state index contributed by atoms with van der Waals surface area (Å²) >= 11 is 6.91. The van der Waals surface area contributed by atoms with Crippen LogP contribution in [0.1, 0.15) is 29.5 Å². The summed E-state index contributed by atoms with van der Waals surface area (Å²) in [5.41, 5.74) is 1.87. The monoisotopic (exact) mass is 568 g/mol. The molecule has 1 atom stereocenters. The van der Waals surface area contributed by atoms with Gasteiger partial charge in [0, 0.05) is 30.2 Å². The first-order valence-corrected chi connectivity index (χ1v) is 14.0. The van der Waals surface area contributed by atoms with Crippen molar-refractivity contribution in [2.24, 2.45) is 0 Å². The van der Waals surface area contributed by atoms with Crippen LogP contribution in [0.15, 0.2) is 78.9 Å². The summed E-state index contributed by atoms with van der Waals surface area (Å²) in [4.78, 5) is 27.7. The lowest BCUT2D eigenvalue weighted by molar-refractivity contribution is -0.134. The molecule has 2 saturated heterocycles. The molecule has 204 valence electrons. The van der Waals surface area contributed by atoms with Gasteiger partial charge >= 0.3 is 6.09 Å². The summed E-state index contributed by atoms with van der Waals surface area (Å²) < 4.78 is 21.9. The molecule has 2 fully saturated rings. The molecule has 2 heterocycles. The highest BCUT2D eigenvalue weighted by Gasteiger charge is 2.51. The Kier molecular flexibility index (Phi) is 8.72. The quantitative estimate of drug-likeness (QED) is 0.284. The highest BCUT2D eigenvalue weighted by molar-refractivity contribution is 7.92. The summed E-state index contributed by atoms with van der Waals surface area (Å²) in [6, 6.07) is 23.3. The molecular weight excluding hydrogens is 539 g/mol. The Balaban J connectivity index is 1.20. The van der Waals surface area contributed by atoms with Crippen LogP contribution in [-0.2, 0) is 28.5 Å². The second-order valence-electron chi connectivity index (χ2n) is 9.79. The minimum Gasteiger partial charge on any atom is -0.358 e. The van der Waals surface area contributed by atoms with Crippen LogP contribution >= 0.6 is 23.8 Å². The molecule has 1 unspecified atom stereocenters. The van der Waals surface area contributed by atoms with Crippen LogP contribution in [0.5, 0.6) is 0 Å². The molecule has 0 radical (unpaired) electrons. The number of rotatable bonds is 8. The molecule has 2 aliphatic heterocycles. The van der Waals surface area contributed by atoms with E-state index in [9.17, 15) is 14.0 Å². The molecule has 0 aromatic heterocycles. The van der Waals surface area contributed by atoms with Crippen molar-refractivity contribution in [3.63, 3.8) is 0 Å². The Labute approximate surface area is 237 Å². The number of nitrogens with one attached hydrogen (secondary N) is 2. The van der Waals surface area contributed by atoms with E-state index in [2.05, 4.69) is 10.6 Å². The Morgan fingerprint density at radius 3 is 2.44 bits per heavy atom. The second kappa shape index (κ2) is 12.4. The van der Waals surface area contributed by atoms with Gasteiger partial charge in [0.1, 0.15) is 5.82 Å². The molecule has 0 saturated carbocycles. The van der Waals surface area contributed by atoms with Gasteiger partial charge in [0.15, 0.2) is 12.2 Å². The van der Waals surface area contributed by atoms with Gasteiger partial charge in [-0.1, -0.05) is 72.3 Å². The number of carbonyl (C=O) groups excluding carboxylic acids is 2. The predicted octanol–water partition coefficient (Wildman–Crippen LogP) is 5.30. The summed E-state index contributed by atoms with van der Waals surface area (Å²) in [6.07, 6.45) is 1.25. The Hall–Kier alpha value is -3.11. The maximum absolute atomic E-state index is 14.6. The van der Waals surface area contributed by atoms with Gasteiger partial charge in [-0.05, 0) is 48.6 Å². The van der Waals surface area contributed by atoms with Gasteiger partial charge < -0.3 is 14.4 Å². The summed E-state index contributed by atoms with van der Waals surface area (Å²) in [6.45, 7) is 1.70. The zero-order valence-electron chi connectivity index (χ0n) is 21.3. The van der Waals surface area contributed by atoms with Crippen LogP contribution in [-0.4, -0.2) is 46.0 Å². The number of nitrogens with zero attached hydrogens (tertiary/aromatic N) is 2. The largest absolute Gasteiger partial charge is 0.420 e. The Bertz CT molecular complexity index is 1290. The second-order valence-corrected chi connectivity index (χ2v) is 11.1. The topological polar surface area (TPSA) is 73.9 Å². The molecular formula is C29H30ClFN4O3S. The molecule has 2 amide bonds. The van der Waals surface area contributed by atoms with Crippen LogP contribution in [0.3, 0.4) is 0 Å². The number of carbonyl (C=O) groups is 2. The molecule has 7 nitrogen and oxygen atoms in total. The van der Waals surface area contributed by atoms with Crippen molar-refractivity contribution in [3.8, 4) is 0 Å². The normalized spacial score (nSPS) is 18.9. The fraction of sp³-hybridized carbons (Fsp3) is 0.310. The highest BCUT2D eigenvalue weighted by atomic mass is 35.5. The lowest BCUT2D eigenvalue weighted by Gasteiger charge is -2.43. The average molecular weight is 569 g/mol. The Morgan fingerprint density at radius 1 is 1.03 bits per heavy atom. The molecule has 5 rings (SSSR count). The standard InChI is InChI=1S/C29H30ClFN4O3S/c30-24-12-10-22(11-13-24)19-32-28(37)38-39-34-16-14-29(15-17-34)33-26(18-21-6-2-1-3-7-21)27(36)35(29)20-23-8-4-5-9-25(23)31/h1-13,26,33H,14-20H2,(H,32,37). The SMILES string of the molecule is O=C(NCc1ccc(Cl)cc1)OSN1CCC2(CC1)NC(Cc1ccccc1)C(=O)N2Cc1ccccc1F. The number of benzene rings is 3. The fourth-order valence-electron chi connectivity index (χ4n) is 5.11. The van der Waals surface area contributed by atoms with Gasteiger partial charge in [-0.25, -0.2) is 13.5 Å². The van der Waals surface area contributed by atoms with Crippen molar-refractivity contribution in [2.45, 2.75) is 44.1 Å². The van der Waals surface area contributed by atoms with Crippen molar-refractivity contribution in [1.82, 2.24) is 19.8 Å². The molecule has 10 heteroatoms. The van der Waals surface area contributed by atoms with Gasteiger partial charge in [0.05, 0.1) is 18.2 Å². The van der Waals surface area contributed by atoms with Crippen LogP contribution in [0, 0.1) is 5.82 Å². The van der Waals surface area contributed by atoms with Crippen LogP contribution in [0.25, 0.3) is 0 Å². The van der Waals surface area contributed by atoms with Crippen molar-refractivity contribution in [2.75, 3.05) is 13.1 Å². The molecule has 0 bridgehead atoms. The van der Waals surface area contributed by atoms with Crippen LogP contribution in [0.4, 0.5) is 9.18 Å². The number of hydrogen-bond acceptors (Lipinski definition) is 6. The predicted molar refractivity (Wildman–Crippen MR) is 150 cm³/mol. The van der Waals surface area contributed by atoms with Gasteiger partial charge in [-0.3, -0.25) is 10.1 Å². The molecule has 2 N–H and O–H groups in total. The fourth-order valence-corrected chi connectivity index (χ4v) is 5.80. The first-order valence-electron chi connectivity index (χ1n) is 12.9. The number of halogens is 2. The maximum atomic E-state index is 14.6. The van der Waals surface area contributed by atoms with Crippen molar-refractivity contribution in [3.05, 3.63) is 106 Å². The highest BCUT2D eigenvalue weighted by Crippen LogP contribution is 2.36. The van der Waals surface area contributed by atoms with Crippen LogP contribution in [0.2, 0.25) is 5.02 Å². The van der Waals surface area contributed by atoms with E-state index < -0.39 is 17.8 Å². The first-order chi connectivity index (χ1) is 18.9. The average Bonchev–Trinajstić information content (AvgIpc) is 3.19. The minimum atomic E-state index is -0.604. The van der Waals surface area contributed by atoms with E-state index in [4.69, 9.17) is 15.8 Å². The summed E-state index contributed by atoms with van der Waals surface area (Å²) in [7, 11) is 0. The maximum Gasteiger partial charge on any atom is 0.420 e. The van der Waals surface area contributed by atoms with E-state index in [1.54, 1.807) is 35.2 Å². The third kappa shape index (κ3) is 6.73. The Morgan fingerprint density at radius 2 is 1.72 bits per heavy atom. The first kappa shape index (κ1) is 27.5.